The van der Waals surface area contributed by atoms with Crippen molar-refractivity contribution in [2.75, 3.05) is 27.9 Å². The van der Waals surface area contributed by atoms with E-state index in [4.69, 9.17) is 14.2 Å². The topological polar surface area (TPSA) is 71.4 Å². The Labute approximate surface area is 161 Å². The first kappa shape index (κ1) is 18.8. The van der Waals surface area contributed by atoms with E-state index in [1.807, 2.05) is 12.1 Å². The molecule has 0 radical (unpaired) electrons. The molecule has 0 amide bonds. The second-order valence-corrected chi connectivity index (χ2v) is 7.02. The number of aliphatic hydroxyl groups excluding tert-OH is 1. The molecule has 6 nitrogen and oxygen atoms in total. The van der Waals surface area contributed by atoms with E-state index in [-0.39, 0.29) is 5.75 Å². The number of rotatable bonds is 5. The molecule has 0 aliphatic carbocycles. The molecule has 2 N–H and O–H groups in total. The standard InChI is InChI=1S/C19H22BrNO5/c1-24-16-4-5-17(25-2)19-12(16)9-21(10-15(19)23)8-11-6-14(22)18(26-3)7-13(11)20/h4-7,15,22-23H,8-10H2,1-3H3/t15-/m0/s1. The second kappa shape index (κ2) is 7.73. The van der Waals surface area contributed by atoms with Gasteiger partial charge < -0.3 is 24.4 Å². The Kier molecular flexibility index (Phi) is 5.60. The summed E-state index contributed by atoms with van der Waals surface area (Å²) in [5, 5.41) is 20.7. The maximum absolute atomic E-state index is 10.7. The third kappa shape index (κ3) is 3.47. The van der Waals surface area contributed by atoms with Crippen LogP contribution in [0.5, 0.6) is 23.0 Å². The van der Waals surface area contributed by atoms with Crippen LogP contribution in [0.4, 0.5) is 0 Å². The van der Waals surface area contributed by atoms with Gasteiger partial charge in [-0.15, -0.1) is 0 Å². The lowest BCUT2D eigenvalue weighted by molar-refractivity contribution is 0.0841. The van der Waals surface area contributed by atoms with E-state index in [0.717, 1.165) is 26.9 Å². The van der Waals surface area contributed by atoms with E-state index in [2.05, 4.69) is 20.8 Å². The van der Waals surface area contributed by atoms with Crippen molar-refractivity contribution in [2.45, 2.75) is 19.2 Å². The Hall–Kier alpha value is -1.96. The smallest absolute Gasteiger partial charge is 0.161 e. The summed E-state index contributed by atoms with van der Waals surface area (Å²) in [6, 6.07) is 7.08. The van der Waals surface area contributed by atoms with E-state index in [0.29, 0.717) is 31.1 Å². The van der Waals surface area contributed by atoms with Crippen LogP contribution in [-0.2, 0) is 13.1 Å². The Morgan fingerprint density at radius 2 is 1.73 bits per heavy atom. The molecule has 0 bridgehead atoms. The summed E-state index contributed by atoms with van der Waals surface area (Å²) in [6.07, 6.45) is -0.686. The van der Waals surface area contributed by atoms with Crippen LogP contribution < -0.4 is 14.2 Å². The highest BCUT2D eigenvalue weighted by atomic mass is 79.9. The highest BCUT2D eigenvalue weighted by Gasteiger charge is 2.30. The van der Waals surface area contributed by atoms with Crippen molar-refractivity contribution in [3.05, 3.63) is 45.4 Å². The number of nitrogens with zero attached hydrogens (tertiary/aromatic N) is 1. The van der Waals surface area contributed by atoms with Gasteiger partial charge in [0, 0.05) is 35.2 Å². The predicted molar refractivity (Wildman–Crippen MR) is 101 cm³/mol. The molecule has 1 heterocycles. The maximum atomic E-state index is 10.7. The number of ether oxygens (including phenoxy) is 3. The Balaban J connectivity index is 1.91. The quantitative estimate of drug-likeness (QED) is 0.768. The molecule has 0 unspecified atom stereocenters. The zero-order valence-corrected chi connectivity index (χ0v) is 16.5. The normalized spacial score (nSPS) is 16.9. The number of halogens is 1. The Morgan fingerprint density at radius 3 is 2.38 bits per heavy atom. The molecule has 1 atom stereocenters. The third-order valence-electron chi connectivity index (χ3n) is 4.60. The van der Waals surface area contributed by atoms with Gasteiger partial charge in [-0.05, 0) is 29.8 Å². The molecule has 26 heavy (non-hydrogen) atoms. The monoisotopic (exact) mass is 423 g/mol. The van der Waals surface area contributed by atoms with Crippen LogP contribution in [0.2, 0.25) is 0 Å². The average Bonchev–Trinajstić information content (AvgIpc) is 2.63. The molecule has 0 aromatic heterocycles. The maximum Gasteiger partial charge on any atom is 0.161 e. The summed E-state index contributed by atoms with van der Waals surface area (Å²) in [4.78, 5) is 2.10. The van der Waals surface area contributed by atoms with Gasteiger partial charge in [0.2, 0.25) is 0 Å². The number of hydrogen-bond donors (Lipinski definition) is 2. The minimum Gasteiger partial charge on any atom is -0.504 e. The summed E-state index contributed by atoms with van der Waals surface area (Å²) in [7, 11) is 4.72. The van der Waals surface area contributed by atoms with E-state index >= 15 is 0 Å². The molecular formula is C19H22BrNO5. The van der Waals surface area contributed by atoms with Gasteiger partial charge in [0.05, 0.1) is 27.4 Å². The molecule has 0 fully saturated rings. The van der Waals surface area contributed by atoms with Crippen molar-refractivity contribution < 1.29 is 24.4 Å². The first-order valence-electron chi connectivity index (χ1n) is 8.18. The number of aromatic hydroxyl groups is 1. The van der Waals surface area contributed by atoms with Crippen LogP contribution in [0.3, 0.4) is 0 Å². The van der Waals surface area contributed by atoms with E-state index in [9.17, 15) is 10.2 Å². The van der Waals surface area contributed by atoms with Gasteiger partial charge in [-0.3, -0.25) is 4.90 Å². The van der Waals surface area contributed by atoms with E-state index in [1.165, 1.54) is 7.11 Å². The van der Waals surface area contributed by atoms with Crippen molar-refractivity contribution in [1.82, 2.24) is 4.90 Å². The number of phenols is 1. The van der Waals surface area contributed by atoms with Crippen LogP contribution in [0.1, 0.15) is 22.8 Å². The van der Waals surface area contributed by atoms with Crippen molar-refractivity contribution in [2.24, 2.45) is 0 Å². The van der Waals surface area contributed by atoms with Crippen molar-refractivity contribution >= 4 is 15.9 Å². The zero-order valence-electron chi connectivity index (χ0n) is 15.0. The van der Waals surface area contributed by atoms with Crippen molar-refractivity contribution in [3.63, 3.8) is 0 Å². The fraction of sp³-hybridized carbons (Fsp3) is 0.368. The van der Waals surface area contributed by atoms with Gasteiger partial charge >= 0.3 is 0 Å². The average molecular weight is 424 g/mol. The zero-order chi connectivity index (χ0) is 18.8. The second-order valence-electron chi connectivity index (χ2n) is 6.16. The van der Waals surface area contributed by atoms with Gasteiger partial charge in [-0.25, -0.2) is 0 Å². The number of methoxy groups -OCH3 is 3. The highest BCUT2D eigenvalue weighted by Crippen LogP contribution is 2.40. The van der Waals surface area contributed by atoms with Crippen molar-refractivity contribution in [1.29, 1.82) is 0 Å². The molecule has 0 saturated heterocycles. The number of benzene rings is 2. The van der Waals surface area contributed by atoms with Crippen LogP contribution >= 0.6 is 15.9 Å². The minimum atomic E-state index is -0.686. The molecular weight excluding hydrogens is 402 g/mol. The predicted octanol–water partition coefficient (Wildman–Crippen LogP) is 3.23. The summed E-state index contributed by atoms with van der Waals surface area (Å²) < 4.78 is 16.8. The van der Waals surface area contributed by atoms with Gasteiger partial charge in [0.15, 0.2) is 11.5 Å². The number of fused-ring (bicyclic) bond motifs is 1. The summed E-state index contributed by atoms with van der Waals surface area (Å²) in [5.74, 6) is 1.89. The lowest BCUT2D eigenvalue weighted by atomic mass is 9.95. The molecule has 2 aromatic rings. The Morgan fingerprint density at radius 1 is 1.08 bits per heavy atom. The first-order chi connectivity index (χ1) is 12.5. The highest BCUT2D eigenvalue weighted by molar-refractivity contribution is 9.10. The van der Waals surface area contributed by atoms with Crippen LogP contribution in [0, 0.1) is 0 Å². The molecule has 0 spiro atoms. The van der Waals surface area contributed by atoms with Crippen LogP contribution in [0.15, 0.2) is 28.7 Å². The Bertz CT molecular complexity index is 811. The van der Waals surface area contributed by atoms with Crippen molar-refractivity contribution in [3.8, 4) is 23.0 Å². The summed E-state index contributed by atoms with van der Waals surface area (Å²) >= 11 is 3.52. The lowest BCUT2D eigenvalue weighted by Gasteiger charge is -2.34. The summed E-state index contributed by atoms with van der Waals surface area (Å²) in [6.45, 7) is 1.61. The molecule has 1 aliphatic heterocycles. The van der Waals surface area contributed by atoms with Crippen LogP contribution in [-0.4, -0.2) is 43.0 Å². The molecule has 7 heteroatoms. The van der Waals surface area contributed by atoms with Crippen LogP contribution in [0.25, 0.3) is 0 Å². The van der Waals surface area contributed by atoms with E-state index in [1.54, 1.807) is 26.4 Å². The molecule has 1 aliphatic rings. The fourth-order valence-electron chi connectivity index (χ4n) is 3.38. The van der Waals surface area contributed by atoms with Gasteiger partial charge in [0.1, 0.15) is 11.5 Å². The minimum absolute atomic E-state index is 0.0860. The number of β-amino-alcohol motifs (C(OH)–C–C–N with tert-alkyl or cyclic N) is 1. The molecule has 140 valence electrons. The SMILES string of the molecule is COc1cc(Br)c(CN2Cc3c(OC)ccc(OC)c3[C@@H](O)C2)cc1O. The molecule has 0 saturated carbocycles. The van der Waals surface area contributed by atoms with Gasteiger partial charge in [-0.1, -0.05) is 15.9 Å². The third-order valence-corrected chi connectivity index (χ3v) is 5.34. The van der Waals surface area contributed by atoms with Gasteiger partial charge in [0.25, 0.3) is 0 Å². The number of phenolic OH excluding ortho intramolecular Hbond substituents is 1. The largest absolute Gasteiger partial charge is 0.504 e. The molecule has 2 aromatic carbocycles. The lowest BCUT2D eigenvalue weighted by Crippen LogP contribution is -2.33. The fourth-order valence-corrected chi connectivity index (χ4v) is 3.83. The number of aliphatic hydroxyl groups is 1. The molecule has 3 rings (SSSR count). The number of hydrogen-bond acceptors (Lipinski definition) is 6. The first-order valence-corrected chi connectivity index (χ1v) is 8.97. The van der Waals surface area contributed by atoms with E-state index < -0.39 is 6.10 Å². The van der Waals surface area contributed by atoms with Gasteiger partial charge in [-0.2, -0.15) is 0 Å². The summed E-state index contributed by atoms with van der Waals surface area (Å²) in [5.41, 5.74) is 2.60.